The number of hydrogen-bond donors (Lipinski definition) is 3. The van der Waals surface area contributed by atoms with Gasteiger partial charge in [-0.3, -0.25) is 4.79 Å². The fourth-order valence-corrected chi connectivity index (χ4v) is 1.48. The lowest BCUT2D eigenvalue weighted by Crippen LogP contribution is -2.26. The fourth-order valence-electron chi connectivity index (χ4n) is 1.48. The number of carboxylic acid groups (broad SMARTS) is 1. The molecule has 1 aromatic rings. The van der Waals surface area contributed by atoms with E-state index in [4.69, 9.17) is 10.8 Å². The average Bonchev–Trinajstić information content (AvgIpc) is 2.10. The van der Waals surface area contributed by atoms with E-state index in [1.54, 1.807) is 6.92 Å². The summed E-state index contributed by atoms with van der Waals surface area (Å²) in [5, 5.41) is 11.7. The van der Waals surface area contributed by atoms with Crippen molar-refractivity contribution in [2.24, 2.45) is 0 Å². The third kappa shape index (κ3) is 2.62. The van der Waals surface area contributed by atoms with E-state index in [1.807, 2.05) is 26.0 Å². The van der Waals surface area contributed by atoms with E-state index in [2.05, 4.69) is 5.32 Å². The van der Waals surface area contributed by atoms with E-state index < -0.39 is 12.0 Å². The number of hydrogen-bond acceptors (Lipinski definition) is 3. The van der Waals surface area contributed by atoms with E-state index in [9.17, 15) is 4.79 Å². The highest BCUT2D eigenvalue weighted by atomic mass is 16.4. The van der Waals surface area contributed by atoms with Gasteiger partial charge in [-0.25, -0.2) is 0 Å². The van der Waals surface area contributed by atoms with Crippen molar-refractivity contribution >= 4 is 17.3 Å². The second-order valence-corrected chi connectivity index (χ2v) is 3.75. The molecule has 15 heavy (non-hydrogen) atoms. The molecule has 0 aliphatic carbocycles. The second kappa shape index (κ2) is 4.21. The zero-order valence-electron chi connectivity index (χ0n) is 9.16. The summed E-state index contributed by atoms with van der Waals surface area (Å²) in [6, 6.07) is 3.14. The molecule has 4 heteroatoms. The van der Waals surface area contributed by atoms with Crippen LogP contribution in [0.4, 0.5) is 11.4 Å². The van der Waals surface area contributed by atoms with Crippen LogP contribution in [0.5, 0.6) is 0 Å². The number of anilines is 2. The summed E-state index contributed by atoms with van der Waals surface area (Å²) in [7, 11) is 0. The lowest BCUT2D eigenvalue weighted by molar-refractivity contribution is -0.137. The van der Waals surface area contributed by atoms with Crippen LogP contribution < -0.4 is 11.1 Å². The minimum absolute atomic E-state index is 0.584. The Morgan fingerprint density at radius 3 is 2.53 bits per heavy atom. The van der Waals surface area contributed by atoms with Crippen LogP contribution in [0, 0.1) is 13.8 Å². The fraction of sp³-hybridized carbons (Fsp3) is 0.364. The molecule has 1 aromatic carbocycles. The van der Waals surface area contributed by atoms with Crippen LogP contribution in [0.3, 0.4) is 0 Å². The van der Waals surface area contributed by atoms with Crippen LogP contribution in [0.25, 0.3) is 0 Å². The van der Waals surface area contributed by atoms with Gasteiger partial charge in [-0.1, -0.05) is 6.07 Å². The van der Waals surface area contributed by atoms with E-state index in [-0.39, 0.29) is 0 Å². The molecule has 0 radical (unpaired) electrons. The Balaban J connectivity index is 3.00. The lowest BCUT2D eigenvalue weighted by atomic mass is 10.1. The maximum atomic E-state index is 10.7. The molecule has 1 rings (SSSR count). The molecule has 1 unspecified atom stereocenters. The first kappa shape index (κ1) is 11.4. The zero-order valence-corrected chi connectivity index (χ0v) is 9.16. The topological polar surface area (TPSA) is 75.3 Å². The third-order valence-electron chi connectivity index (χ3n) is 2.24. The van der Waals surface area contributed by atoms with Gasteiger partial charge in [0.05, 0.1) is 11.4 Å². The second-order valence-electron chi connectivity index (χ2n) is 3.75. The van der Waals surface area contributed by atoms with Gasteiger partial charge in [0.2, 0.25) is 0 Å². The number of carbonyl (C=O) groups is 1. The predicted octanol–water partition coefficient (Wildman–Crippen LogP) is 1.77. The lowest BCUT2D eigenvalue weighted by Gasteiger charge is -2.16. The first-order valence-electron chi connectivity index (χ1n) is 4.78. The number of aliphatic carboxylic acids is 1. The summed E-state index contributed by atoms with van der Waals surface area (Å²) in [5.41, 5.74) is 9.13. The van der Waals surface area contributed by atoms with Crippen molar-refractivity contribution in [3.05, 3.63) is 23.3 Å². The Kier molecular flexibility index (Phi) is 3.19. The van der Waals surface area contributed by atoms with Gasteiger partial charge in [-0.05, 0) is 38.0 Å². The minimum Gasteiger partial charge on any atom is -0.480 e. The molecular weight excluding hydrogens is 192 g/mol. The first-order chi connectivity index (χ1) is 6.91. The largest absolute Gasteiger partial charge is 0.480 e. The maximum absolute atomic E-state index is 10.7. The molecule has 82 valence electrons. The van der Waals surface area contributed by atoms with Gasteiger partial charge in [0.25, 0.3) is 0 Å². The van der Waals surface area contributed by atoms with Crippen LogP contribution in [-0.2, 0) is 4.79 Å². The molecule has 0 saturated carbocycles. The molecule has 0 spiro atoms. The molecule has 0 saturated heterocycles. The molecule has 0 fully saturated rings. The van der Waals surface area contributed by atoms with Gasteiger partial charge in [-0.2, -0.15) is 0 Å². The Hall–Kier alpha value is -1.71. The number of aryl methyl sites for hydroxylation is 2. The number of nitrogens with one attached hydrogen (secondary N) is 1. The summed E-state index contributed by atoms with van der Waals surface area (Å²) in [6.07, 6.45) is 0. The molecule has 4 nitrogen and oxygen atoms in total. The van der Waals surface area contributed by atoms with Crippen molar-refractivity contribution in [1.29, 1.82) is 0 Å². The molecule has 0 heterocycles. The monoisotopic (exact) mass is 208 g/mol. The summed E-state index contributed by atoms with van der Waals surface area (Å²) in [6.45, 7) is 5.44. The molecule has 0 bridgehead atoms. The van der Waals surface area contributed by atoms with E-state index in [0.717, 1.165) is 11.1 Å². The summed E-state index contributed by atoms with van der Waals surface area (Å²) in [5.74, 6) is -0.894. The minimum atomic E-state index is -0.894. The SMILES string of the molecule is Cc1cc(C)c(NC(C)C(=O)O)c(N)c1. The van der Waals surface area contributed by atoms with E-state index in [1.165, 1.54) is 0 Å². The van der Waals surface area contributed by atoms with Crippen molar-refractivity contribution in [3.8, 4) is 0 Å². The number of rotatable bonds is 3. The molecule has 4 N–H and O–H groups in total. The number of benzene rings is 1. The first-order valence-corrected chi connectivity index (χ1v) is 4.78. The molecular formula is C11H16N2O2. The number of nitrogen functional groups attached to an aromatic ring is 1. The smallest absolute Gasteiger partial charge is 0.325 e. The van der Waals surface area contributed by atoms with Crippen LogP contribution in [0.2, 0.25) is 0 Å². The van der Waals surface area contributed by atoms with Gasteiger partial charge in [0.1, 0.15) is 6.04 Å². The van der Waals surface area contributed by atoms with Crippen LogP contribution in [0.15, 0.2) is 12.1 Å². The normalized spacial score (nSPS) is 12.2. The van der Waals surface area contributed by atoms with Crippen LogP contribution >= 0.6 is 0 Å². The van der Waals surface area contributed by atoms with Crippen molar-refractivity contribution in [1.82, 2.24) is 0 Å². The molecule has 0 aliphatic rings. The third-order valence-corrected chi connectivity index (χ3v) is 2.24. The number of nitrogens with two attached hydrogens (primary N) is 1. The van der Waals surface area contributed by atoms with E-state index >= 15 is 0 Å². The summed E-state index contributed by atoms with van der Waals surface area (Å²) in [4.78, 5) is 10.7. The van der Waals surface area contributed by atoms with Crippen molar-refractivity contribution in [3.63, 3.8) is 0 Å². The van der Waals surface area contributed by atoms with Crippen LogP contribution in [0.1, 0.15) is 18.1 Å². The Morgan fingerprint density at radius 2 is 2.07 bits per heavy atom. The maximum Gasteiger partial charge on any atom is 0.325 e. The van der Waals surface area contributed by atoms with E-state index in [0.29, 0.717) is 11.4 Å². The predicted molar refractivity (Wildman–Crippen MR) is 61.0 cm³/mol. The Labute approximate surface area is 89.1 Å². The van der Waals surface area contributed by atoms with Gasteiger partial charge >= 0.3 is 5.97 Å². The highest BCUT2D eigenvalue weighted by Crippen LogP contribution is 2.25. The molecule has 0 amide bonds. The highest BCUT2D eigenvalue weighted by Gasteiger charge is 2.13. The van der Waals surface area contributed by atoms with Crippen molar-refractivity contribution in [2.45, 2.75) is 26.8 Å². The average molecular weight is 208 g/mol. The van der Waals surface area contributed by atoms with Gasteiger partial charge in [-0.15, -0.1) is 0 Å². The molecule has 1 atom stereocenters. The van der Waals surface area contributed by atoms with Crippen LogP contribution in [-0.4, -0.2) is 17.1 Å². The van der Waals surface area contributed by atoms with Crippen molar-refractivity contribution < 1.29 is 9.90 Å². The summed E-state index contributed by atoms with van der Waals surface area (Å²) < 4.78 is 0. The summed E-state index contributed by atoms with van der Waals surface area (Å²) >= 11 is 0. The Bertz CT molecular complexity index is 365. The number of carboxylic acids is 1. The molecule has 0 aliphatic heterocycles. The van der Waals surface area contributed by atoms with Gasteiger partial charge in [0.15, 0.2) is 0 Å². The van der Waals surface area contributed by atoms with Gasteiger partial charge in [0, 0.05) is 0 Å². The van der Waals surface area contributed by atoms with Crippen molar-refractivity contribution in [2.75, 3.05) is 11.1 Å². The standard InChI is InChI=1S/C11H16N2O2/c1-6-4-7(2)10(9(12)5-6)13-8(3)11(14)15/h4-5,8,13H,12H2,1-3H3,(H,14,15). The zero-order chi connectivity index (χ0) is 11.6. The van der Waals surface area contributed by atoms with Gasteiger partial charge < -0.3 is 16.2 Å². The Morgan fingerprint density at radius 1 is 1.47 bits per heavy atom. The highest BCUT2D eigenvalue weighted by molar-refractivity contribution is 5.80. The molecule has 0 aromatic heterocycles. The quantitative estimate of drug-likeness (QED) is 0.662.